The van der Waals surface area contributed by atoms with E-state index in [4.69, 9.17) is 5.26 Å². The first kappa shape index (κ1) is 21.0. The number of hydrogen-bond donors (Lipinski definition) is 1. The zero-order valence-corrected chi connectivity index (χ0v) is 17.0. The first-order valence-electron chi connectivity index (χ1n) is 9.63. The van der Waals surface area contributed by atoms with Gasteiger partial charge in [0.25, 0.3) is 5.91 Å². The molecule has 1 aliphatic heterocycles. The lowest BCUT2D eigenvalue weighted by Crippen LogP contribution is -3.15. The zero-order valence-electron chi connectivity index (χ0n) is 16.2. The molecular weight excluding hydrogens is 388 g/mol. The van der Waals surface area contributed by atoms with E-state index in [0.717, 1.165) is 10.6 Å². The van der Waals surface area contributed by atoms with E-state index in [1.54, 1.807) is 35.2 Å². The van der Waals surface area contributed by atoms with Gasteiger partial charge in [0.1, 0.15) is 0 Å². The Kier molecular flexibility index (Phi) is 6.99. The van der Waals surface area contributed by atoms with Crippen LogP contribution >= 0.6 is 0 Å². The molecule has 2 aromatic carbocycles. The lowest BCUT2D eigenvalue weighted by atomic mass is 10.2. The lowest BCUT2D eigenvalue weighted by molar-refractivity contribution is -0.895. The van der Waals surface area contributed by atoms with Crippen LogP contribution in [0, 0.1) is 11.3 Å². The third-order valence-electron chi connectivity index (χ3n) is 5.03. The molecular formula is C21H25N4O3S+. The minimum Gasteiger partial charge on any atom is -0.325 e. The fourth-order valence-electron chi connectivity index (χ4n) is 3.44. The summed E-state index contributed by atoms with van der Waals surface area (Å²) < 4.78 is 27.0. The Labute approximate surface area is 171 Å². The number of nitrogens with zero attached hydrogens (tertiary/aromatic N) is 3. The van der Waals surface area contributed by atoms with E-state index in [0.29, 0.717) is 37.6 Å². The van der Waals surface area contributed by atoms with Gasteiger partial charge >= 0.3 is 0 Å². The number of rotatable bonds is 7. The van der Waals surface area contributed by atoms with Gasteiger partial charge in [0.05, 0.1) is 43.6 Å². The van der Waals surface area contributed by atoms with E-state index in [9.17, 15) is 13.2 Å². The van der Waals surface area contributed by atoms with Crippen molar-refractivity contribution in [3.63, 3.8) is 0 Å². The molecule has 8 heteroatoms. The lowest BCUT2D eigenvalue weighted by Gasteiger charge is -2.32. The molecule has 3 rings (SSSR count). The van der Waals surface area contributed by atoms with Crippen molar-refractivity contribution in [2.75, 3.05) is 44.2 Å². The van der Waals surface area contributed by atoms with Gasteiger partial charge in [0.2, 0.25) is 10.0 Å². The van der Waals surface area contributed by atoms with Crippen LogP contribution in [-0.2, 0) is 14.8 Å². The van der Waals surface area contributed by atoms with Crippen molar-refractivity contribution in [2.24, 2.45) is 0 Å². The standard InChI is InChI=1S/C21H24N4O3S/c22-12-7-13-25(19-8-3-1-4-9-19)21(26)18-23-14-16-24(17-15-23)29(27,28)20-10-5-2-6-11-20/h1-6,8-11H,7,13-18H2/p+1. The molecule has 0 spiro atoms. The first-order valence-corrected chi connectivity index (χ1v) is 11.1. The number of amides is 1. The van der Waals surface area contributed by atoms with E-state index in [1.807, 2.05) is 30.3 Å². The largest absolute Gasteiger partial charge is 0.325 e. The van der Waals surface area contributed by atoms with Gasteiger partial charge in [0.15, 0.2) is 6.54 Å². The summed E-state index contributed by atoms with van der Waals surface area (Å²) in [6.45, 7) is 2.52. The second-order valence-corrected chi connectivity index (χ2v) is 8.87. The summed E-state index contributed by atoms with van der Waals surface area (Å²) in [5.41, 5.74) is 0.775. The summed E-state index contributed by atoms with van der Waals surface area (Å²) in [5, 5.41) is 8.91. The zero-order chi connectivity index (χ0) is 20.7. The summed E-state index contributed by atoms with van der Waals surface area (Å²) >= 11 is 0. The highest BCUT2D eigenvalue weighted by molar-refractivity contribution is 7.89. The van der Waals surface area contributed by atoms with Crippen molar-refractivity contribution in [3.8, 4) is 6.07 Å². The SMILES string of the molecule is N#CCCN(C(=O)C[NH+]1CCN(S(=O)(=O)c2ccccc2)CC1)c1ccccc1. The minimum absolute atomic E-state index is 0.0548. The third kappa shape index (κ3) is 5.21. The van der Waals surface area contributed by atoms with Crippen LogP contribution in [0.1, 0.15) is 6.42 Å². The van der Waals surface area contributed by atoms with E-state index in [-0.39, 0.29) is 18.9 Å². The predicted octanol–water partition coefficient (Wildman–Crippen LogP) is 0.523. The Morgan fingerprint density at radius 3 is 2.21 bits per heavy atom. The van der Waals surface area contributed by atoms with Gasteiger partial charge in [0, 0.05) is 12.2 Å². The molecule has 0 unspecified atom stereocenters. The van der Waals surface area contributed by atoms with Gasteiger partial charge in [-0.15, -0.1) is 0 Å². The van der Waals surface area contributed by atoms with Crippen LogP contribution in [0.3, 0.4) is 0 Å². The van der Waals surface area contributed by atoms with Crippen molar-refractivity contribution >= 4 is 21.6 Å². The van der Waals surface area contributed by atoms with Crippen LogP contribution in [0.15, 0.2) is 65.6 Å². The van der Waals surface area contributed by atoms with Gasteiger partial charge in [-0.3, -0.25) is 4.79 Å². The number of benzene rings is 2. The number of sulfonamides is 1. The van der Waals surface area contributed by atoms with Gasteiger partial charge in [-0.05, 0) is 24.3 Å². The topological polar surface area (TPSA) is 85.9 Å². The predicted molar refractivity (Wildman–Crippen MR) is 110 cm³/mol. The maximum Gasteiger partial charge on any atom is 0.282 e. The average molecular weight is 414 g/mol. The number of piperazine rings is 1. The highest BCUT2D eigenvalue weighted by Crippen LogP contribution is 2.15. The number of nitriles is 1. The molecule has 0 radical (unpaired) electrons. The maximum atomic E-state index is 12.9. The van der Waals surface area contributed by atoms with Crippen LogP contribution in [0.25, 0.3) is 0 Å². The normalized spacial score (nSPS) is 15.6. The third-order valence-corrected chi connectivity index (χ3v) is 6.94. The Hall–Kier alpha value is -2.73. The molecule has 1 heterocycles. The van der Waals surface area contributed by atoms with E-state index in [2.05, 4.69) is 6.07 Å². The molecule has 29 heavy (non-hydrogen) atoms. The molecule has 1 saturated heterocycles. The molecule has 0 aromatic heterocycles. The van der Waals surface area contributed by atoms with E-state index < -0.39 is 10.0 Å². The number of carbonyl (C=O) groups excluding carboxylic acids is 1. The number of anilines is 1. The highest BCUT2D eigenvalue weighted by Gasteiger charge is 2.31. The molecule has 1 amide bonds. The monoisotopic (exact) mass is 413 g/mol. The van der Waals surface area contributed by atoms with Gasteiger partial charge in [-0.1, -0.05) is 36.4 Å². The quantitative estimate of drug-likeness (QED) is 0.717. The fourth-order valence-corrected chi connectivity index (χ4v) is 4.90. The molecule has 0 saturated carbocycles. The van der Waals surface area contributed by atoms with Crippen LogP contribution in [0.2, 0.25) is 0 Å². The second-order valence-electron chi connectivity index (χ2n) is 6.93. The number of carbonyl (C=O) groups is 1. The Balaban J connectivity index is 1.61. The fraction of sp³-hybridized carbons (Fsp3) is 0.333. The second kappa shape index (κ2) is 9.65. The van der Waals surface area contributed by atoms with Crippen molar-refractivity contribution < 1.29 is 18.1 Å². The summed E-state index contributed by atoms with van der Waals surface area (Å²) in [7, 11) is -3.50. The maximum absolute atomic E-state index is 12.9. The van der Waals surface area contributed by atoms with Crippen LogP contribution < -0.4 is 9.80 Å². The number of hydrogen-bond acceptors (Lipinski definition) is 4. The van der Waals surface area contributed by atoms with Crippen molar-refractivity contribution in [1.29, 1.82) is 5.26 Å². The Bertz CT molecular complexity index is 950. The summed E-state index contributed by atoms with van der Waals surface area (Å²) in [6, 6.07) is 19.8. The summed E-state index contributed by atoms with van der Waals surface area (Å²) in [5.74, 6) is -0.0548. The number of quaternary nitrogens is 1. The van der Waals surface area contributed by atoms with E-state index in [1.165, 1.54) is 4.31 Å². The average Bonchev–Trinajstić information content (AvgIpc) is 2.76. The molecule has 2 aromatic rings. The Morgan fingerprint density at radius 2 is 1.62 bits per heavy atom. The minimum atomic E-state index is -3.50. The number of para-hydroxylation sites is 1. The molecule has 0 aliphatic carbocycles. The molecule has 1 aliphatic rings. The van der Waals surface area contributed by atoms with Gasteiger partial charge in [-0.2, -0.15) is 9.57 Å². The van der Waals surface area contributed by atoms with Gasteiger partial charge in [-0.25, -0.2) is 8.42 Å². The first-order chi connectivity index (χ1) is 14.0. The van der Waals surface area contributed by atoms with E-state index >= 15 is 0 Å². The smallest absolute Gasteiger partial charge is 0.282 e. The summed E-state index contributed by atoms with van der Waals surface area (Å²) in [4.78, 5) is 15.9. The molecule has 152 valence electrons. The molecule has 0 bridgehead atoms. The van der Waals surface area contributed by atoms with Crippen LogP contribution in [0.5, 0.6) is 0 Å². The summed E-state index contributed by atoms with van der Waals surface area (Å²) in [6.07, 6.45) is 0.263. The molecule has 0 atom stereocenters. The van der Waals surface area contributed by atoms with Crippen molar-refractivity contribution in [2.45, 2.75) is 11.3 Å². The van der Waals surface area contributed by atoms with Crippen LogP contribution in [0.4, 0.5) is 5.69 Å². The Morgan fingerprint density at radius 1 is 1.03 bits per heavy atom. The molecule has 1 fully saturated rings. The van der Waals surface area contributed by atoms with Crippen molar-refractivity contribution in [3.05, 3.63) is 60.7 Å². The highest BCUT2D eigenvalue weighted by atomic mass is 32.2. The molecule has 7 nitrogen and oxygen atoms in total. The number of nitrogens with one attached hydrogen (secondary N) is 1. The van der Waals surface area contributed by atoms with Gasteiger partial charge < -0.3 is 9.80 Å². The van der Waals surface area contributed by atoms with Crippen molar-refractivity contribution in [1.82, 2.24) is 4.31 Å². The molecule has 1 N–H and O–H groups in total. The van der Waals surface area contributed by atoms with Crippen LogP contribution in [-0.4, -0.2) is 57.9 Å².